The van der Waals surface area contributed by atoms with Gasteiger partial charge in [-0.15, -0.1) is 0 Å². The Morgan fingerprint density at radius 1 is 0.810 bits per heavy atom. The Morgan fingerprint density at radius 2 is 1.05 bits per heavy atom. The predicted octanol–water partition coefficient (Wildman–Crippen LogP) is 6.11. The molecule has 0 heterocycles. The van der Waals surface area contributed by atoms with Crippen molar-refractivity contribution in [2.75, 3.05) is 0 Å². The van der Waals surface area contributed by atoms with E-state index in [-0.39, 0.29) is 12.3 Å². The minimum absolute atomic E-state index is 0. The maximum absolute atomic E-state index is 9.87. The summed E-state index contributed by atoms with van der Waals surface area (Å²) in [6, 6.07) is 0. The number of hydrogen-bond donors (Lipinski definition) is 2. The van der Waals surface area contributed by atoms with Crippen LogP contribution >= 0.6 is 18.8 Å². The van der Waals surface area contributed by atoms with Gasteiger partial charge >= 0.3 is 47.3 Å². The molecule has 0 aliphatic rings. The normalized spacial score (nSPS) is 8.00. The Hall–Kier alpha value is 0.128. The monoisotopic (exact) mass is 529 g/mol. The fourth-order valence-corrected chi connectivity index (χ4v) is 1.05. The average molecular weight is 530 g/mol. The van der Waals surface area contributed by atoms with Crippen LogP contribution in [0.15, 0.2) is 0 Å². The van der Waals surface area contributed by atoms with Crippen molar-refractivity contribution in [3.8, 4) is 0 Å². The molecule has 0 aromatic heterocycles. The van der Waals surface area contributed by atoms with Gasteiger partial charge in [0.05, 0.1) is 0 Å². The SMILES string of the molecule is CCCCCC(=O)O.CCCCCC(=O)O.[Cl][Pt+2][Cl].[NH2-].[NH2-]. The summed E-state index contributed by atoms with van der Waals surface area (Å²) in [4.78, 5) is 19.7. The number of aliphatic carboxylic acids is 2. The molecule has 0 aliphatic carbocycles. The third-order valence-corrected chi connectivity index (χ3v) is 1.99. The quantitative estimate of drug-likeness (QED) is 0.365. The van der Waals surface area contributed by atoms with Crippen LogP contribution in [-0.2, 0) is 26.1 Å². The number of halogens is 2. The second kappa shape index (κ2) is 32.2. The largest absolute Gasteiger partial charge is 0.693 e. The molecule has 134 valence electrons. The van der Waals surface area contributed by atoms with Gasteiger partial charge in [0.25, 0.3) is 0 Å². The summed E-state index contributed by atoms with van der Waals surface area (Å²) < 4.78 is 0. The van der Waals surface area contributed by atoms with Crippen molar-refractivity contribution >= 4 is 30.8 Å². The molecule has 0 fully saturated rings. The van der Waals surface area contributed by atoms with Crippen LogP contribution < -0.4 is 0 Å². The first-order valence-corrected chi connectivity index (χ1v) is 11.8. The van der Waals surface area contributed by atoms with Gasteiger partial charge in [0.1, 0.15) is 0 Å². The zero-order valence-electron chi connectivity index (χ0n) is 12.6. The van der Waals surface area contributed by atoms with Gasteiger partial charge in [-0.3, -0.25) is 9.59 Å². The van der Waals surface area contributed by atoms with Gasteiger partial charge in [-0.2, -0.15) is 0 Å². The zero-order valence-corrected chi connectivity index (χ0v) is 16.4. The molecule has 0 amide bonds. The van der Waals surface area contributed by atoms with Crippen LogP contribution in [0.25, 0.3) is 12.3 Å². The van der Waals surface area contributed by atoms with E-state index in [1.807, 2.05) is 0 Å². The van der Waals surface area contributed by atoms with Gasteiger partial charge in [-0.1, -0.05) is 39.5 Å². The van der Waals surface area contributed by atoms with E-state index in [2.05, 4.69) is 13.8 Å². The maximum atomic E-state index is 9.87. The number of unbranched alkanes of at least 4 members (excludes halogenated alkanes) is 4. The second-order valence-electron chi connectivity index (χ2n) is 3.75. The van der Waals surface area contributed by atoms with Crippen molar-refractivity contribution in [3.05, 3.63) is 12.3 Å². The zero-order chi connectivity index (χ0) is 15.5. The van der Waals surface area contributed by atoms with Crippen molar-refractivity contribution in [1.29, 1.82) is 0 Å². The van der Waals surface area contributed by atoms with Gasteiger partial charge in [0, 0.05) is 12.8 Å². The first-order valence-electron chi connectivity index (χ1n) is 6.22. The number of carboxylic acid groups (broad SMARTS) is 2. The number of carboxylic acids is 2. The minimum atomic E-state index is -0.682. The predicted molar refractivity (Wildman–Crippen MR) is 85.8 cm³/mol. The Morgan fingerprint density at radius 3 is 1.19 bits per heavy atom. The summed E-state index contributed by atoms with van der Waals surface area (Å²) in [5.41, 5.74) is 0. The second-order valence-corrected chi connectivity index (χ2v) is 7.03. The van der Waals surface area contributed by atoms with Crippen LogP contribution in [0.2, 0.25) is 0 Å². The third kappa shape index (κ3) is 64.5. The van der Waals surface area contributed by atoms with E-state index in [0.717, 1.165) is 38.5 Å². The summed E-state index contributed by atoms with van der Waals surface area (Å²) >= 11 is -0.472. The van der Waals surface area contributed by atoms with Gasteiger partial charge in [0.2, 0.25) is 0 Å². The Bertz CT molecular complexity index is 194. The van der Waals surface area contributed by atoms with Crippen molar-refractivity contribution < 1.29 is 36.3 Å². The molecule has 0 atom stereocenters. The molecule has 21 heavy (non-hydrogen) atoms. The van der Waals surface area contributed by atoms with Crippen LogP contribution in [0.3, 0.4) is 0 Å². The molecule has 0 unspecified atom stereocenters. The molecule has 9 heteroatoms. The van der Waals surface area contributed by atoms with Gasteiger partial charge < -0.3 is 22.5 Å². The molecule has 0 aliphatic heterocycles. The topological polar surface area (TPSA) is 142 Å². The van der Waals surface area contributed by atoms with Gasteiger partial charge in [-0.25, -0.2) is 0 Å². The summed E-state index contributed by atoms with van der Waals surface area (Å²) in [6.45, 7) is 4.11. The van der Waals surface area contributed by atoms with E-state index in [0.29, 0.717) is 12.8 Å². The minimum Gasteiger partial charge on any atom is -0.693 e. The Labute approximate surface area is 144 Å². The molecule has 0 saturated heterocycles. The first kappa shape index (κ1) is 32.9. The smallest absolute Gasteiger partial charge is 0.693 e. The number of nitrogens with two attached hydrogens (primary N) is 2. The molecule has 0 radical (unpaired) electrons. The first-order chi connectivity index (χ1) is 8.95. The molecule has 6 N–H and O–H groups in total. The molecule has 0 rings (SSSR count). The molecule has 0 aromatic carbocycles. The maximum Gasteiger partial charge on any atom is -0.693 e. The molecular weight excluding hydrogens is 502 g/mol. The number of hydrogen-bond acceptors (Lipinski definition) is 2. The van der Waals surface area contributed by atoms with Gasteiger partial charge in [-0.05, 0) is 12.8 Å². The van der Waals surface area contributed by atoms with Crippen molar-refractivity contribution in [2.45, 2.75) is 65.2 Å². The van der Waals surface area contributed by atoms with Gasteiger partial charge in [0.15, 0.2) is 0 Å². The molecule has 6 nitrogen and oxygen atoms in total. The molecule has 0 aromatic rings. The summed E-state index contributed by atoms with van der Waals surface area (Å²) in [5.74, 6) is -1.36. The average Bonchev–Trinajstić information content (AvgIpc) is 2.31. The fraction of sp³-hybridized carbons (Fsp3) is 0.833. The van der Waals surface area contributed by atoms with Crippen LogP contribution in [-0.4, -0.2) is 22.2 Å². The Balaban J connectivity index is -0.0000000634. The molecule has 0 spiro atoms. The summed E-state index contributed by atoms with van der Waals surface area (Å²) in [7, 11) is 9.75. The third-order valence-electron chi connectivity index (χ3n) is 1.99. The molecule has 0 bridgehead atoms. The van der Waals surface area contributed by atoms with Crippen molar-refractivity contribution in [2.24, 2.45) is 0 Å². The van der Waals surface area contributed by atoms with Crippen LogP contribution in [0.4, 0.5) is 0 Å². The van der Waals surface area contributed by atoms with Crippen LogP contribution in [0, 0.1) is 0 Å². The Kier molecular flexibility index (Phi) is 50.4. The van der Waals surface area contributed by atoms with E-state index in [9.17, 15) is 9.59 Å². The van der Waals surface area contributed by atoms with Crippen LogP contribution in [0.1, 0.15) is 65.2 Å². The van der Waals surface area contributed by atoms with Crippen molar-refractivity contribution in [1.82, 2.24) is 0 Å². The standard InChI is InChI=1S/2C6H12O2.2ClH.2H2N.Pt/c2*1-2-3-4-5-6(7)8;;;;;/h2*2-5H2,1H3,(H,7,8);2*1H;2*1H2;/q;;;;2*-1;+4/p-2. The van der Waals surface area contributed by atoms with E-state index in [1.54, 1.807) is 0 Å². The fourth-order valence-electron chi connectivity index (χ4n) is 1.05. The van der Waals surface area contributed by atoms with E-state index >= 15 is 0 Å². The van der Waals surface area contributed by atoms with Crippen molar-refractivity contribution in [3.63, 3.8) is 0 Å². The number of carbonyl (C=O) groups is 2. The summed E-state index contributed by atoms with van der Waals surface area (Å²) in [5, 5.41) is 16.3. The number of rotatable bonds is 8. The van der Waals surface area contributed by atoms with E-state index in [4.69, 9.17) is 29.0 Å². The van der Waals surface area contributed by atoms with Crippen LogP contribution in [0.5, 0.6) is 0 Å². The summed E-state index contributed by atoms with van der Waals surface area (Å²) in [6.07, 6.45) is 6.55. The van der Waals surface area contributed by atoms with E-state index in [1.165, 1.54) is 0 Å². The molecule has 0 saturated carbocycles. The molecular formula is C12H28Cl2N2O4Pt. The van der Waals surface area contributed by atoms with E-state index < -0.39 is 28.4 Å².